The number of rotatable bonds is 3. The Bertz CT molecular complexity index is 489. The van der Waals surface area contributed by atoms with E-state index < -0.39 is 0 Å². The molecular weight excluding hydrogens is 192 g/mol. The lowest BCUT2D eigenvalue weighted by molar-refractivity contribution is 0.298. The molecule has 2 aromatic rings. The molecule has 0 unspecified atom stereocenters. The van der Waals surface area contributed by atoms with Crippen LogP contribution in [0.4, 0.5) is 5.95 Å². The minimum atomic E-state index is 0.286. The minimum Gasteiger partial charge on any atom is -0.492 e. The molecule has 0 aliphatic heterocycles. The number of fused-ring (bicyclic) bond motifs is 1. The van der Waals surface area contributed by atoms with E-state index in [1.165, 1.54) is 12.8 Å². The highest BCUT2D eigenvalue weighted by molar-refractivity contribution is 5.43. The van der Waals surface area contributed by atoms with Crippen molar-refractivity contribution in [3.8, 4) is 5.75 Å². The molecule has 0 bridgehead atoms. The highest BCUT2D eigenvalue weighted by Crippen LogP contribution is 2.29. The maximum Gasteiger partial charge on any atom is 0.240 e. The van der Waals surface area contributed by atoms with E-state index in [0.29, 0.717) is 0 Å². The molecular formula is C10H12N4O. The average molecular weight is 204 g/mol. The second kappa shape index (κ2) is 3.12. The summed E-state index contributed by atoms with van der Waals surface area (Å²) in [6.07, 6.45) is 4.39. The van der Waals surface area contributed by atoms with E-state index >= 15 is 0 Å². The zero-order chi connectivity index (χ0) is 10.3. The first-order chi connectivity index (χ1) is 7.31. The molecule has 5 nitrogen and oxygen atoms in total. The first-order valence-electron chi connectivity index (χ1n) is 5.06. The molecule has 5 heteroatoms. The van der Waals surface area contributed by atoms with E-state index in [4.69, 9.17) is 10.5 Å². The monoisotopic (exact) mass is 204 g/mol. The van der Waals surface area contributed by atoms with Crippen molar-refractivity contribution in [3.05, 3.63) is 18.3 Å². The third kappa shape index (κ3) is 1.72. The van der Waals surface area contributed by atoms with E-state index in [0.717, 1.165) is 23.9 Å². The van der Waals surface area contributed by atoms with E-state index in [-0.39, 0.29) is 5.95 Å². The van der Waals surface area contributed by atoms with Crippen molar-refractivity contribution in [3.63, 3.8) is 0 Å². The SMILES string of the molecule is Nc1nc2ccc(OCC3CC3)cn2n1. The zero-order valence-corrected chi connectivity index (χ0v) is 8.26. The molecule has 3 rings (SSSR count). The molecule has 0 radical (unpaired) electrons. The average Bonchev–Trinajstić information content (AvgIpc) is 2.96. The Hall–Kier alpha value is -1.78. The van der Waals surface area contributed by atoms with Gasteiger partial charge >= 0.3 is 0 Å². The van der Waals surface area contributed by atoms with Gasteiger partial charge in [-0.15, -0.1) is 5.10 Å². The molecule has 0 saturated heterocycles. The second-order valence-electron chi connectivity index (χ2n) is 3.89. The van der Waals surface area contributed by atoms with Crippen LogP contribution in [0.5, 0.6) is 5.75 Å². The third-order valence-corrected chi connectivity index (χ3v) is 2.50. The molecule has 1 saturated carbocycles. The fourth-order valence-corrected chi connectivity index (χ4v) is 1.47. The van der Waals surface area contributed by atoms with Gasteiger partial charge in [0.2, 0.25) is 5.95 Å². The number of hydrogen-bond donors (Lipinski definition) is 1. The van der Waals surface area contributed by atoms with Gasteiger partial charge in [-0.3, -0.25) is 0 Å². The molecule has 0 aromatic carbocycles. The Morgan fingerprint density at radius 1 is 1.47 bits per heavy atom. The highest BCUT2D eigenvalue weighted by Gasteiger charge is 2.21. The lowest BCUT2D eigenvalue weighted by Gasteiger charge is -2.04. The Kier molecular flexibility index (Phi) is 1.77. The summed E-state index contributed by atoms with van der Waals surface area (Å²) in [4.78, 5) is 4.04. The number of nitrogens with zero attached hydrogens (tertiary/aromatic N) is 3. The van der Waals surface area contributed by atoms with Crippen molar-refractivity contribution < 1.29 is 4.74 Å². The number of pyridine rings is 1. The predicted molar refractivity (Wildman–Crippen MR) is 55.6 cm³/mol. The summed E-state index contributed by atoms with van der Waals surface area (Å²) in [7, 11) is 0. The second-order valence-corrected chi connectivity index (χ2v) is 3.89. The molecule has 0 atom stereocenters. The van der Waals surface area contributed by atoms with Crippen LogP contribution in [-0.2, 0) is 0 Å². The lowest BCUT2D eigenvalue weighted by atomic mass is 10.4. The van der Waals surface area contributed by atoms with Crippen molar-refractivity contribution >= 4 is 11.6 Å². The molecule has 2 N–H and O–H groups in total. The topological polar surface area (TPSA) is 65.4 Å². The van der Waals surface area contributed by atoms with E-state index in [9.17, 15) is 0 Å². The van der Waals surface area contributed by atoms with Crippen LogP contribution >= 0.6 is 0 Å². The Labute approximate surface area is 86.9 Å². The predicted octanol–water partition coefficient (Wildman–Crippen LogP) is 1.10. The number of hydrogen-bond acceptors (Lipinski definition) is 4. The maximum absolute atomic E-state index is 5.62. The quantitative estimate of drug-likeness (QED) is 0.813. The number of anilines is 1. The smallest absolute Gasteiger partial charge is 0.240 e. The van der Waals surface area contributed by atoms with Gasteiger partial charge in [-0.2, -0.15) is 4.98 Å². The van der Waals surface area contributed by atoms with Gasteiger partial charge in [0.1, 0.15) is 5.75 Å². The van der Waals surface area contributed by atoms with Gasteiger partial charge in [0, 0.05) is 0 Å². The van der Waals surface area contributed by atoms with Crippen LogP contribution in [0.25, 0.3) is 5.65 Å². The molecule has 0 spiro atoms. The molecule has 1 aliphatic rings. The number of nitrogen functional groups attached to an aromatic ring is 1. The van der Waals surface area contributed by atoms with E-state index in [1.807, 2.05) is 12.1 Å². The number of nitrogens with two attached hydrogens (primary N) is 1. The van der Waals surface area contributed by atoms with E-state index in [2.05, 4.69) is 10.1 Å². The normalized spacial score (nSPS) is 15.7. The standard InChI is InChI=1S/C10H12N4O/c11-10-12-9-4-3-8(5-14(9)13-10)15-6-7-1-2-7/h3-5,7H,1-2,6H2,(H2,11,13). The first-order valence-corrected chi connectivity index (χ1v) is 5.06. The van der Waals surface area contributed by atoms with Gasteiger partial charge in [-0.05, 0) is 30.9 Å². The summed E-state index contributed by atoms with van der Waals surface area (Å²) in [5.74, 6) is 1.86. The molecule has 78 valence electrons. The van der Waals surface area contributed by atoms with E-state index in [1.54, 1.807) is 10.7 Å². The fourth-order valence-electron chi connectivity index (χ4n) is 1.47. The molecule has 15 heavy (non-hydrogen) atoms. The van der Waals surface area contributed by atoms with Crippen molar-refractivity contribution in [1.82, 2.24) is 14.6 Å². The molecule has 1 aliphatic carbocycles. The van der Waals surface area contributed by atoms with Gasteiger partial charge in [0.05, 0.1) is 12.8 Å². The van der Waals surface area contributed by atoms with Gasteiger partial charge < -0.3 is 10.5 Å². The number of ether oxygens (including phenoxy) is 1. The van der Waals surface area contributed by atoms with Gasteiger partial charge in [-0.25, -0.2) is 4.52 Å². The van der Waals surface area contributed by atoms with Crippen molar-refractivity contribution in [2.24, 2.45) is 5.92 Å². The molecule has 1 fully saturated rings. The van der Waals surface area contributed by atoms with Crippen molar-refractivity contribution in [1.29, 1.82) is 0 Å². The van der Waals surface area contributed by atoms with Gasteiger partial charge in [0.15, 0.2) is 5.65 Å². The highest BCUT2D eigenvalue weighted by atomic mass is 16.5. The van der Waals surface area contributed by atoms with Crippen molar-refractivity contribution in [2.45, 2.75) is 12.8 Å². The number of aromatic nitrogens is 3. The fraction of sp³-hybridized carbons (Fsp3) is 0.400. The Morgan fingerprint density at radius 2 is 2.33 bits per heavy atom. The maximum atomic E-state index is 5.62. The summed E-state index contributed by atoms with van der Waals surface area (Å²) >= 11 is 0. The van der Waals surface area contributed by atoms with Crippen LogP contribution in [0.1, 0.15) is 12.8 Å². The third-order valence-electron chi connectivity index (χ3n) is 2.50. The van der Waals surface area contributed by atoms with Crippen LogP contribution in [-0.4, -0.2) is 21.2 Å². The minimum absolute atomic E-state index is 0.286. The summed E-state index contributed by atoms with van der Waals surface area (Å²) in [5.41, 5.74) is 6.23. The summed E-state index contributed by atoms with van der Waals surface area (Å²) in [6, 6.07) is 3.75. The van der Waals surface area contributed by atoms with Gasteiger partial charge in [-0.1, -0.05) is 0 Å². The summed E-state index contributed by atoms with van der Waals surface area (Å²) < 4.78 is 7.25. The Morgan fingerprint density at radius 3 is 3.13 bits per heavy atom. The van der Waals surface area contributed by atoms with Gasteiger partial charge in [0.25, 0.3) is 0 Å². The van der Waals surface area contributed by atoms with Crippen LogP contribution in [0.2, 0.25) is 0 Å². The molecule has 2 aromatic heterocycles. The lowest BCUT2D eigenvalue weighted by Crippen LogP contribution is -2.00. The molecule has 0 amide bonds. The largest absolute Gasteiger partial charge is 0.492 e. The Balaban J connectivity index is 1.84. The molecule has 2 heterocycles. The van der Waals surface area contributed by atoms with Crippen molar-refractivity contribution in [2.75, 3.05) is 12.3 Å². The summed E-state index contributed by atoms with van der Waals surface area (Å²) in [6.45, 7) is 0.801. The van der Waals surface area contributed by atoms with Crippen LogP contribution in [0.3, 0.4) is 0 Å². The van der Waals surface area contributed by atoms with Crippen LogP contribution in [0, 0.1) is 5.92 Å². The van der Waals surface area contributed by atoms with Crippen LogP contribution in [0.15, 0.2) is 18.3 Å². The summed E-state index contributed by atoms with van der Waals surface area (Å²) in [5, 5.41) is 4.02. The first kappa shape index (κ1) is 8.52. The van der Waals surface area contributed by atoms with Crippen LogP contribution < -0.4 is 10.5 Å². The zero-order valence-electron chi connectivity index (χ0n) is 8.26.